The second-order valence-corrected chi connectivity index (χ2v) is 4.28. The van der Waals surface area contributed by atoms with E-state index in [0.717, 1.165) is 0 Å². The van der Waals surface area contributed by atoms with Crippen LogP contribution in [0.2, 0.25) is 0 Å². The summed E-state index contributed by atoms with van der Waals surface area (Å²) in [5.74, 6) is 5.61. The number of hydrogen-bond acceptors (Lipinski definition) is 4. The molecule has 0 aromatic heterocycles. The summed E-state index contributed by atoms with van der Waals surface area (Å²) in [6, 6.07) is 0. The molecule has 0 amide bonds. The lowest BCUT2D eigenvalue weighted by atomic mass is 10.1. The van der Waals surface area contributed by atoms with E-state index in [-0.39, 0.29) is 0 Å². The van der Waals surface area contributed by atoms with E-state index in [4.69, 9.17) is 0 Å². The van der Waals surface area contributed by atoms with E-state index in [2.05, 4.69) is 21.7 Å². The van der Waals surface area contributed by atoms with Gasteiger partial charge in [0.2, 0.25) is 0 Å². The maximum atomic E-state index is 9.59. The van der Waals surface area contributed by atoms with Gasteiger partial charge in [0, 0.05) is 11.1 Å². The first-order valence-electron chi connectivity index (χ1n) is 6.42. The zero-order chi connectivity index (χ0) is 14.2. The van der Waals surface area contributed by atoms with Crippen LogP contribution in [0.15, 0.2) is 69.7 Å². The van der Waals surface area contributed by atoms with Gasteiger partial charge in [0.05, 0.1) is 13.1 Å². The lowest BCUT2D eigenvalue weighted by molar-refractivity contribution is 0.263. The van der Waals surface area contributed by atoms with Crippen molar-refractivity contribution in [2.45, 2.75) is 12.2 Å². The summed E-state index contributed by atoms with van der Waals surface area (Å²) in [7, 11) is 0. The van der Waals surface area contributed by atoms with Crippen molar-refractivity contribution in [1.29, 1.82) is 0 Å². The lowest BCUT2D eigenvalue weighted by Crippen LogP contribution is -2.07. The van der Waals surface area contributed by atoms with Crippen LogP contribution in [-0.4, -0.2) is 47.3 Å². The van der Waals surface area contributed by atoms with Gasteiger partial charge in [0.25, 0.3) is 0 Å². The number of allylic oxidation sites excluding steroid dienone is 4. The van der Waals surface area contributed by atoms with Gasteiger partial charge in [-0.3, -0.25) is 0 Å². The Labute approximate surface area is 117 Å². The normalized spacial score (nSPS) is 23.5. The van der Waals surface area contributed by atoms with Crippen LogP contribution >= 0.6 is 0 Å². The number of aliphatic hydroxyl groups is 2. The summed E-state index contributed by atoms with van der Waals surface area (Å²) in [4.78, 5) is 8.15. The highest BCUT2D eigenvalue weighted by molar-refractivity contribution is 5.66. The zero-order valence-electron chi connectivity index (χ0n) is 11.0. The summed E-state index contributed by atoms with van der Waals surface area (Å²) >= 11 is 0. The van der Waals surface area contributed by atoms with Crippen LogP contribution in [0.1, 0.15) is 0 Å². The molecule has 0 aromatic carbocycles. The first-order chi connectivity index (χ1) is 9.77. The fourth-order valence-corrected chi connectivity index (χ4v) is 1.66. The predicted molar refractivity (Wildman–Crippen MR) is 80.2 cm³/mol. The van der Waals surface area contributed by atoms with Gasteiger partial charge in [-0.1, -0.05) is 36.5 Å². The average Bonchev–Trinajstić information content (AvgIpc) is 2.46. The number of aliphatic imine (C=N–C) groups is 2. The van der Waals surface area contributed by atoms with Crippen LogP contribution in [0.5, 0.6) is 0 Å². The van der Waals surface area contributed by atoms with Gasteiger partial charge in [-0.05, 0) is 23.9 Å². The molecule has 102 valence electrons. The van der Waals surface area contributed by atoms with Crippen molar-refractivity contribution in [1.82, 2.24) is 0 Å². The second-order valence-electron chi connectivity index (χ2n) is 4.28. The monoisotopic (exact) mass is 268 g/mol. The van der Waals surface area contributed by atoms with E-state index in [0.29, 0.717) is 24.2 Å². The summed E-state index contributed by atoms with van der Waals surface area (Å²) < 4.78 is 0. The number of hydrogen-bond donors (Lipinski definition) is 2. The summed E-state index contributed by atoms with van der Waals surface area (Å²) in [6.07, 6.45) is 12.8. The van der Waals surface area contributed by atoms with Gasteiger partial charge >= 0.3 is 0 Å². The summed E-state index contributed by atoms with van der Waals surface area (Å²) in [5.41, 5.74) is 1.29. The van der Waals surface area contributed by atoms with E-state index in [1.807, 2.05) is 12.2 Å². The Morgan fingerprint density at radius 3 is 1.65 bits per heavy atom. The standard InChI is InChI=1S/C16H16N2O2/c19-15-7-3-1-5-13(15)11-17-9-10-18-12-14-6-2-4-8-16(14)20/h1-8,15-16,19-20H,9-10H2. The topological polar surface area (TPSA) is 65.2 Å². The third-order valence-corrected chi connectivity index (χ3v) is 2.74. The van der Waals surface area contributed by atoms with Crippen molar-refractivity contribution >= 4 is 11.7 Å². The SMILES string of the molecule is OC1C=CC=CC1=C=NCCN=C=C1C=CC=CC1O. The molecule has 0 bridgehead atoms. The van der Waals surface area contributed by atoms with Gasteiger partial charge in [-0.15, -0.1) is 0 Å². The smallest absolute Gasteiger partial charge is 0.106 e. The maximum Gasteiger partial charge on any atom is 0.106 e. The van der Waals surface area contributed by atoms with E-state index >= 15 is 0 Å². The minimum atomic E-state index is -0.635. The third-order valence-electron chi connectivity index (χ3n) is 2.74. The van der Waals surface area contributed by atoms with Crippen LogP contribution in [0.25, 0.3) is 0 Å². The van der Waals surface area contributed by atoms with Crippen molar-refractivity contribution in [2.24, 2.45) is 9.98 Å². The fourth-order valence-electron chi connectivity index (χ4n) is 1.66. The van der Waals surface area contributed by atoms with Gasteiger partial charge < -0.3 is 10.2 Å². The summed E-state index contributed by atoms with van der Waals surface area (Å²) in [5, 5.41) is 19.2. The van der Waals surface area contributed by atoms with Crippen LogP contribution in [0.3, 0.4) is 0 Å². The Morgan fingerprint density at radius 2 is 1.25 bits per heavy atom. The van der Waals surface area contributed by atoms with Crippen molar-refractivity contribution in [2.75, 3.05) is 13.1 Å². The highest BCUT2D eigenvalue weighted by Crippen LogP contribution is 2.08. The second kappa shape index (κ2) is 7.39. The average molecular weight is 268 g/mol. The first kappa shape index (κ1) is 14.2. The molecule has 2 aliphatic carbocycles. The molecule has 2 rings (SSSR count). The van der Waals surface area contributed by atoms with E-state index in [1.165, 1.54) is 0 Å². The molecule has 2 aliphatic rings. The van der Waals surface area contributed by atoms with E-state index < -0.39 is 12.2 Å². The molecule has 0 heterocycles. The first-order valence-corrected chi connectivity index (χ1v) is 6.42. The van der Waals surface area contributed by atoms with Crippen LogP contribution < -0.4 is 0 Å². The van der Waals surface area contributed by atoms with Crippen LogP contribution in [0, 0.1) is 0 Å². The highest BCUT2D eigenvalue weighted by atomic mass is 16.3. The lowest BCUT2D eigenvalue weighted by Gasteiger charge is -2.06. The van der Waals surface area contributed by atoms with Crippen molar-refractivity contribution in [3.63, 3.8) is 0 Å². The molecular weight excluding hydrogens is 252 g/mol. The predicted octanol–water partition coefficient (Wildman–Crippen LogP) is 1.15. The summed E-state index contributed by atoms with van der Waals surface area (Å²) in [6.45, 7) is 0.924. The largest absolute Gasteiger partial charge is 0.384 e. The zero-order valence-corrected chi connectivity index (χ0v) is 11.0. The molecule has 0 aromatic rings. The van der Waals surface area contributed by atoms with Crippen LogP contribution in [0.4, 0.5) is 0 Å². The van der Waals surface area contributed by atoms with Crippen LogP contribution in [-0.2, 0) is 0 Å². The molecule has 2 N–H and O–H groups in total. The van der Waals surface area contributed by atoms with Crippen molar-refractivity contribution in [3.05, 3.63) is 59.8 Å². The number of rotatable bonds is 3. The Morgan fingerprint density at radius 1 is 0.800 bits per heavy atom. The molecule has 20 heavy (non-hydrogen) atoms. The maximum absolute atomic E-state index is 9.59. The number of aliphatic hydroxyl groups excluding tert-OH is 2. The van der Waals surface area contributed by atoms with Gasteiger partial charge in [-0.25, -0.2) is 9.98 Å². The molecule has 0 saturated carbocycles. The van der Waals surface area contributed by atoms with E-state index in [1.54, 1.807) is 36.5 Å². The minimum absolute atomic E-state index is 0.462. The molecule has 2 atom stereocenters. The Hall–Kier alpha value is -2.22. The fraction of sp³-hybridized carbons (Fsp3) is 0.250. The Balaban J connectivity index is 1.88. The highest BCUT2D eigenvalue weighted by Gasteiger charge is 2.06. The third kappa shape index (κ3) is 4.16. The quantitative estimate of drug-likeness (QED) is 0.596. The molecule has 2 unspecified atom stereocenters. The molecule has 0 saturated heterocycles. The Kier molecular flexibility index (Phi) is 5.24. The molecule has 4 heteroatoms. The number of nitrogens with zero attached hydrogens (tertiary/aromatic N) is 2. The Bertz CT molecular complexity index is 542. The molecule has 4 nitrogen and oxygen atoms in total. The van der Waals surface area contributed by atoms with Gasteiger partial charge in [0.15, 0.2) is 0 Å². The molecule has 0 radical (unpaired) electrons. The minimum Gasteiger partial charge on any atom is -0.384 e. The van der Waals surface area contributed by atoms with Crippen molar-refractivity contribution in [3.8, 4) is 0 Å². The van der Waals surface area contributed by atoms with Gasteiger partial charge in [-0.2, -0.15) is 0 Å². The molecule has 0 aliphatic heterocycles. The van der Waals surface area contributed by atoms with Gasteiger partial charge in [0.1, 0.15) is 12.2 Å². The van der Waals surface area contributed by atoms with Crippen molar-refractivity contribution < 1.29 is 10.2 Å². The molecule has 0 fully saturated rings. The van der Waals surface area contributed by atoms with E-state index in [9.17, 15) is 10.2 Å². The molecular formula is C16H16N2O2. The molecule has 0 spiro atoms.